The van der Waals surface area contributed by atoms with Crippen LogP contribution in [0.3, 0.4) is 0 Å². The Balaban J connectivity index is 0.000000174. The molecule has 0 saturated heterocycles. The monoisotopic (exact) mass is 2120 g/mol. The fourth-order valence-electron chi connectivity index (χ4n) is 10.7. The van der Waals surface area contributed by atoms with Crippen molar-refractivity contribution in [2.75, 3.05) is 0 Å². The Morgan fingerprint density at radius 1 is 0.346 bits per heavy atom. The normalized spacial score (nSPS) is 10.5. The Morgan fingerprint density at radius 3 is 1.04 bits per heavy atom. The third kappa shape index (κ3) is 27.1. The standard InChI is InChI=1S/4C10H5F2NO3S.4C10H5F2NO2S2/c11-6-1-4(9-13-3-8(17)16-9)5(10(14)15)2-7(6)12;11-6-1-4(8-3-13-10(17)16-8)5(9(14)15)2-7(6)12;11-6-1-4(8-3-9(17)13-16-8)5(10(14)15)2-7(6)12;11-6-1-4(8-3-9(17)16-13-8)5(10(14)15)2-7(6)12;11-6-1-4(9-13-8(16)3-17-9)5(10(14)15)2-7(6)12;11-6-1-4(8-3-17-10(16)13-8)5(9(14)15)2-7(6)12;11-6-1-4(8-3-13-10(16)17-8)5(9(14)15)2-7(6)12;11-6-1-4(8-3-9(16)13-17-8)5(10(14)15)2-7(6)12/h1-3,17H,(H,14,15);2*1-3H,(H,13,17)(H,14,15);1-3,13H,(H,14,15);1-3,16H,(H,14,15);3*1-3H,(H,13,16)(H,14,15). The number of halogens is 16. The van der Waals surface area contributed by atoms with Gasteiger partial charge in [-0.1, -0.05) is 36.0 Å². The summed E-state index contributed by atoms with van der Waals surface area (Å²) >= 11 is 40.9. The van der Waals surface area contributed by atoms with Crippen LogP contribution in [0.4, 0.5) is 70.2 Å². The second-order valence-electron chi connectivity index (χ2n) is 25.3. The zero-order chi connectivity index (χ0) is 101. The number of rotatable bonds is 16. The third-order valence-corrected chi connectivity index (χ3v) is 22.2. The number of nitrogens with zero attached hydrogens (tertiary/aromatic N) is 2. The highest BCUT2D eigenvalue weighted by Crippen LogP contribution is 2.37. The summed E-state index contributed by atoms with van der Waals surface area (Å²) in [7, 11) is 0. The van der Waals surface area contributed by atoms with Gasteiger partial charge in [-0.15, -0.1) is 59.3 Å². The quantitative estimate of drug-likeness (QED) is 0.0243. The first-order valence-corrected chi connectivity index (χ1v) is 41.9. The molecule has 0 unspecified atom stereocenters. The Bertz CT molecular complexity index is 6780. The maximum absolute atomic E-state index is 13.1. The molecule has 0 atom stereocenters. The molecule has 0 aliphatic heterocycles. The molecule has 14 N–H and O–H groups in total. The molecule has 0 aliphatic carbocycles. The number of carbonyl (C=O) groups is 8. The largest absolute Gasteiger partial charge is 0.478 e. The van der Waals surface area contributed by atoms with Gasteiger partial charge in [-0.3, -0.25) is 0 Å². The van der Waals surface area contributed by atoms with E-state index in [-0.39, 0.29) is 120 Å². The van der Waals surface area contributed by atoms with E-state index >= 15 is 0 Å². The maximum Gasteiger partial charge on any atom is 0.336 e. The molecule has 0 amide bonds. The first-order chi connectivity index (χ1) is 63.9. The van der Waals surface area contributed by atoms with Crippen LogP contribution in [0.5, 0.6) is 0 Å². The van der Waals surface area contributed by atoms with E-state index in [2.05, 4.69) is 89.3 Å². The van der Waals surface area contributed by atoms with Gasteiger partial charge in [0.2, 0.25) is 10.6 Å². The number of benzene rings is 8. The minimum absolute atomic E-state index is 0.0149. The van der Waals surface area contributed by atoms with E-state index in [0.717, 1.165) is 82.7 Å². The molecule has 0 fully saturated rings. The minimum Gasteiger partial charge on any atom is -0.478 e. The lowest BCUT2D eigenvalue weighted by molar-refractivity contribution is 0.0686. The lowest BCUT2D eigenvalue weighted by Gasteiger charge is -2.04. The van der Waals surface area contributed by atoms with Crippen LogP contribution in [-0.4, -0.2) is 128 Å². The van der Waals surface area contributed by atoms with Crippen molar-refractivity contribution in [1.82, 2.24) is 39.6 Å². The van der Waals surface area contributed by atoms with Crippen LogP contribution < -0.4 is 0 Å². The van der Waals surface area contributed by atoms with Crippen molar-refractivity contribution in [3.63, 3.8) is 0 Å². The number of carboxylic acid groups (broad SMARTS) is 8. The smallest absolute Gasteiger partial charge is 0.336 e. The number of aromatic carboxylic acids is 8. The Morgan fingerprint density at radius 2 is 0.713 bits per heavy atom. The van der Waals surface area contributed by atoms with E-state index in [0.29, 0.717) is 81.6 Å². The molecule has 0 radical (unpaired) electrons. The van der Waals surface area contributed by atoms with Gasteiger partial charge in [0.1, 0.15) is 19.3 Å². The lowest BCUT2D eigenvalue weighted by atomic mass is 10.0. The molecule has 0 aliphatic rings. The molecule has 8 heterocycles. The summed E-state index contributed by atoms with van der Waals surface area (Å²) in [5.41, 5.74) is -2.32. The molecule has 28 nitrogen and oxygen atoms in total. The predicted octanol–water partition coefficient (Wildman–Crippen LogP) is 25.0. The molecular formula is C80H40F16N8O20S12. The van der Waals surface area contributed by atoms with Crippen LogP contribution in [0.15, 0.2) is 173 Å². The van der Waals surface area contributed by atoms with E-state index in [1.807, 2.05) is 0 Å². The molecule has 56 heteroatoms. The average Bonchev–Trinajstić information content (AvgIpc) is 1.55. The summed E-state index contributed by atoms with van der Waals surface area (Å²) in [5.74, 6) is -29.7. The molecule has 0 bridgehead atoms. The van der Waals surface area contributed by atoms with Crippen LogP contribution in [0.25, 0.3) is 88.1 Å². The number of nitrogens with one attached hydrogen (secondary N) is 6. The Hall–Kier alpha value is -14.2. The van der Waals surface area contributed by atoms with Crippen LogP contribution in [-0.2, 0) is 0 Å². The van der Waals surface area contributed by atoms with Gasteiger partial charge < -0.3 is 78.1 Å². The highest BCUT2D eigenvalue weighted by atomic mass is 32.2. The second-order valence-corrected chi connectivity index (χ2v) is 32.9. The molecule has 704 valence electrons. The van der Waals surface area contributed by atoms with Gasteiger partial charge in [0.15, 0.2) is 118 Å². The topological polar surface area (TPSA) is 471 Å². The Labute approximate surface area is 800 Å². The first-order valence-electron chi connectivity index (χ1n) is 35.1. The molecule has 8 aromatic heterocycles. The number of aromatic amines is 6. The van der Waals surface area contributed by atoms with E-state index in [4.69, 9.17) is 108 Å². The minimum atomic E-state index is -1.40. The van der Waals surface area contributed by atoms with Crippen molar-refractivity contribution in [3.05, 3.63) is 309 Å². The number of hydrogen-bond donors (Lipinski definition) is 16. The van der Waals surface area contributed by atoms with Gasteiger partial charge in [0.05, 0.1) is 77.4 Å². The summed E-state index contributed by atoms with van der Waals surface area (Å²) < 4.78 is 232. The molecule has 16 rings (SSSR count). The third-order valence-electron chi connectivity index (χ3n) is 16.6. The van der Waals surface area contributed by atoms with Crippen molar-refractivity contribution in [2.24, 2.45) is 0 Å². The number of H-pyrrole nitrogens is 6. The van der Waals surface area contributed by atoms with Crippen molar-refractivity contribution in [2.45, 2.75) is 10.1 Å². The summed E-state index contributed by atoms with van der Waals surface area (Å²) in [6.07, 6.45) is 3.97. The van der Waals surface area contributed by atoms with E-state index in [9.17, 15) is 109 Å². The molecular weight excluding hydrogens is 2080 g/mol. The van der Waals surface area contributed by atoms with E-state index < -0.39 is 158 Å². The lowest BCUT2D eigenvalue weighted by Crippen LogP contribution is -2.02. The average molecular weight is 2120 g/mol. The molecule has 0 saturated carbocycles. The van der Waals surface area contributed by atoms with Crippen molar-refractivity contribution < 1.29 is 167 Å². The van der Waals surface area contributed by atoms with E-state index in [1.165, 1.54) is 48.1 Å². The van der Waals surface area contributed by atoms with Gasteiger partial charge in [-0.25, -0.2) is 129 Å². The molecule has 8 aromatic carbocycles. The van der Waals surface area contributed by atoms with Crippen LogP contribution in [0.2, 0.25) is 0 Å². The van der Waals surface area contributed by atoms with Gasteiger partial charge in [0.25, 0.3) is 4.84 Å². The summed E-state index contributed by atoms with van der Waals surface area (Å²) in [4.78, 5) is 104. The van der Waals surface area contributed by atoms with Gasteiger partial charge in [-0.05, 0) is 152 Å². The summed E-state index contributed by atoms with van der Waals surface area (Å²) in [5, 5.41) is 79.8. The zero-order valence-electron chi connectivity index (χ0n) is 65.3. The number of thiol groups is 2. The predicted molar refractivity (Wildman–Crippen MR) is 472 cm³/mol. The second kappa shape index (κ2) is 46.1. The number of hydrogen-bond acceptors (Lipinski definition) is 26. The highest BCUT2D eigenvalue weighted by Gasteiger charge is 2.27. The van der Waals surface area contributed by atoms with Gasteiger partial charge >= 0.3 is 47.8 Å². The zero-order valence-corrected chi connectivity index (χ0v) is 75.2. The molecule has 16 aromatic rings. The van der Waals surface area contributed by atoms with E-state index in [1.54, 1.807) is 10.8 Å². The van der Waals surface area contributed by atoms with Crippen LogP contribution >= 0.6 is 144 Å². The van der Waals surface area contributed by atoms with Crippen molar-refractivity contribution >= 4 is 192 Å². The Kier molecular flexibility index (Phi) is 35.8. The number of thiazole rings is 3. The highest BCUT2D eigenvalue weighted by molar-refractivity contribution is 7.80. The summed E-state index contributed by atoms with van der Waals surface area (Å²) in [6, 6.07) is 15.5. The number of aromatic nitrogens is 8. The van der Waals surface area contributed by atoms with Gasteiger partial charge in [-0.2, -0.15) is 0 Å². The van der Waals surface area contributed by atoms with Crippen molar-refractivity contribution in [3.8, 4) is 88.1 Å². The number of oxazole rings is 2. The molecule has 0 spiro atoms. The SMILES string of the molecule is O=C(O)c1cc(F)c(F)cc1-c1c[nH]c(=S)o1.O=C(O)c1cc(F)c(F)cc1-c1c[nH]c(=S)s1.O=C(O)c1cc(F)c(F)cc1-c1cc(=S)[nH]o1.O=C(O)c1cc(F)c(F)cc1-c1cc(=S)[nH]s1.O=C(O)c1cc(F)c(F)cc1-c1cc(=S)o[nH]1.O=C(O)c1cc(F)c(F)cc1-c1csc(=S)[nH]1.O=C(O)c1cc(F)c(F)cc1-c1nc(S)cs1.O=C(O)c1cc(F)c(F)cc1-c1ncc(S)o1. The fraction of sp³-hybridized carbons (Fsp3) is 0. The number of carboxylic acids is 8. The van der Waals surface area contributed by atoms with Crippen molar-refractivity contribution in [1.29, 1.82) is 0 Å². The maximum atomic E-state index is 13.1. The van der Waals surface area contributed by atoms with Crippen LogP contribution in [0.1, 0.15) is 82.9 Å². The van der Waals surface area contributed by atoms with Gasteiger partial charge in [0, 0.05) is 74.2 Å². The fourth-order valence-corrected chi connectivity index (χ4v) is 15.2. The molecule has 136 heavy (non-hydrogen) atoms. The van der Waals surface area contributed by atoms with Crippen LogP contribution in [0, 0.1) is 120 Å². The summed E-state index contributed by atoms with van der Waals surface area (Å²) in [6.45, 7) is 0. The first kappa shape index (κ1) is 105.